The van der Waals surface area contributed by atoms with Gasteiger partial charge in [0.05, 0.1) is 23.6 Å². The Balaban J connectivity index is 2.08. The van der Waals surface area contributed by atoms with Crippen molar-refractivity contribution in [1.29, 1.82) is 0 Å². The van der Waals surface area contributed by atoms with Gasteiger partial charge < -0.3 is 9.72 Å². The number of imidazole rings is 1. The zero-order valence-corrected chi connectivity index (χ0v) is 15.8. The highest BCUT2D eigenvalue weighted by molar-refractivity contribution is 14.1. The molecule has 1 aromatic heterocycles. The largest absolute Gasteiger partial charge is 0.444 e. The Morgan fingerprint density at radius 1 is 1.39 bits per heavy atom. The van der Waals surface area contributed by atoms with Gasteiger partial charge in [0, 0.05) is 15.7 Å². The number of ether oxygens (including phenoxy) is 1. The second-order valence-corrected chi connectivity index (χ2v) is 8.08. The van der Waals surface area contributed by atoms with Crippen LogP contribution >= 0.6 is 22.6 Å². The lowest BCUT2D eigenvalue weighted by Crippen LogP contribution is -2.43. The summed E-state index contributed by atoms with van der Waals surface area (Å²) in [5.41, 5.74) is 2.00. The van der Waals surface area contributed by atoms with E-state index < -0.39 is 5.60 Å². The van der Waals surface area contributed by atoms with Gasteiger partial charge in [0.2, 0.25) is 0 Å². The maximum absolute atomic E-state index is 12.6. The van der Waals surface area contributed by atoms with Crippen molar-refractivity contribution in [3.63, 3.8) is 0 Å². The van der Waals surface area contributed by atoms with Crippen molar-refractivity contribution in [2.24, 2.45) is 0 Å². The Kier molecular flexibility index (Phi) is 3.94. The summed E-state index contributed by atoms with van der Waals surface area (Å²) in [6.45, 7) is 8.38. The van der Waals surface area contributed by atoms with Crippen LogP contribution in [0.5, 0.6) is 0 Å². The number of benzene rings is 1. The monoisotopic (exact) mass is 429 g/mol. The van der Waals surface area contributed by atoms with Gasteiger partial charge in [0.15, 0.2) is 0 Å². The van der Waals surface area contributed by atoms with Crippen molar-refractivity contribution in [2.45, 2.75) is 52.4 Å². The second-order valence-electron chi connectivity index (χ2n) is 6.92. The predicted octanol–water partition coefficient (Wildman–Crippen LogP) is 3.07. The fraction of sp³-hybridized carbons (Fsp3) is 0.500. The van der Waals surface area contributed by atoms with E-state index in [4.69, 9.17) is 4.74 Å². The molecule has 1 aromatic carbocycles. The smallest absolute Gasteiger partial charge is 0.410 e. The van der Waals surface area contributed by atoms with Gasteiger partial charge in [0.25, 0.3) is 0 Å². The highest BCUT2D eigenvalue weighted by atomic mass is 127. The first-order valence-corrected chi connectivity index (χ1v) is 8.65. The predicted molar refractivity (Wildman–Crippen MR) is 96.5 cm³/mol. The third-order valence-corrected chi connectivity index (χ3v) is 4.93. The summed E-state index contributed by atoms with van der Waals surface area (Å²) < 4.78 is 8.29. The Bertz CT molecular complexity index is 831. The van der Waals surface area contributed by atoms with E-state index in [1.54, 1.807) is 9.47 Å². The van der Waals surface area contributed by atoms with Crippen LogP contribution in [0.1, 0.15) is 33.3 Å². The Morgan fingerprint density at radius 3 is 2.74 bits per heavy atom. The number of rotatable bonds is 0. The Hall–Kier alpha value is -1.51. The molecule has 0 aliphatic carbocycles. The maximum Gasteiger partial charge on any atom is 0.410 e. The molecule has 1 amide bonds. The number of nitrogens with one attached hydrogen (secondary N) is 1. The van der Waals surface area contributed by atoms with Gasteiger partial charge in [-0.25, -0.2) is 9.59 Å². The molecule has 2 heterocycles. The van der Waals surface area contributed by atoms with Crippen LogP contribution in [0.4, 0.5) is 4.79 Å². The van der Waals surface area contributed by atoms with E-state index in [-0.39, 0.29) is 17.8 Å². The molecule has 1 atom stereocenters. The van der Waals surface area contributed by atoms with Gasteiger partial charge in [-0.05, 0) is 62.4 Å². The van der Waals surface area contributed by atoms with E-state index in [0.29, 0.717) is 13.1 Å². The van der Waals surface area contributed by atoms with Gasteiger partial charge >= 0.3 is 11.8 Å². The molecule has 0 saturated carbocycles. The molecule has 0 radical (unpaired) electrons. The number of carbonyl (C=O) groups excluding carboxylic acids is 1. The number of hydrogen-bond acceptors (Lipinski definition) is 3. The van der Waals surface area contributed by atoms with E-state index in [1.807, 2.05) is 39.8 Å². The van der Waals surface area contributed by atoms with E-state index in [0.717, 1.165) is 20.2 Å². The van der Waals surface area contributed by atoms with Crippen LogP contribution < -0.4 is 5.69 Å². The first kappa shape index (κ1) is 16.4. The van der Waals surface area contributed by atoms with Crippen LogP contribution in [0.15, 0.2) is 16.9 Å². The summed E-state index contributed by atoms with van der Waals surface area (Å²) in [5.74, 6) is 0. The maximum atomic E-state index is 12.6. The summed E-state index contributed by atoms with van der Waals surface area (Å²) in [7, 11) is 0. The SMILES string of the molecule is C[C@@H]1Cn2c(=O)[nH]c3ccc(I)c(c32)CN1C(=O)OC(C)(C)C. The van der Waals surface area contributed by atoms with E-state index >= 15 is 0 Å². The zero-order valence-electron chi connectivity index (χ0n) is 13.6. The highest BCUT2D eigenvalue weighted by Gasteiger charge is 2.31. The number of carbonyl (C=O) groups is 1. The Labute approximate surface area is 147 Å². The molecule has 23 heavy (non-hydrogen) atoms. The standard InChI is InChI=1S/C16H20IN3O3/c1-9-7-20-13-10(8-19(9)15(22)23-16(2,3)4)11(17)5-6-12(13)18-14(20)21/h5-6,9H,7-8H2,1-4H3,(H,18,21)/t9-/m1/s1. The summed E-state index contributed by atoms with van der Waals surface area (Å²) in [6, 6.07) is 3.73. The van der Waals surface area contributed by atoms with Crippen molar-refractivity contribution in [1.82, 2.24) is 14.5 Å². The van der Waals surface area contributed by atoms with Crippen LogP contribution in [0, 0.1) is 3.57 Å². The molecular weight excluding hydrogens is 409 g/mol. The molecule has 0 saturated heterocycles. The van der Waals surface area contributed by atoms with Crippen LogP contribution in [-0.4, -0.2) is 32.2 Å². The van der Waals surface area contributed by atoms with E-state index in [9.17, 15) is 9.59 Å². The molecule has 1 aliphatic heterocycles. The molecule has 124 valence electrons. The molecule has 7 heteroatoms. The lowest BCUT2D eigenvalue weighted by Gasteiger charge is -2.30. The van der Waals surface area contributed by atoms with Crippen LogP contribution in [0.25, 0.3) is 11.0 Å². The van der Waals surface area contributed by atoms with E-state index in [1.165, 1.54) is 0 Å². The fourth-order valence-electron chi connectivity index (χ4n) is 2.88. The minimum atomic E-state index is -0.547. The van der Waals surface area contributed by atoms with Crippen LogP contribution in [0.2, 0.25) is 0 Å². The van der Waals surface area contributed by atoms with Gasteiger partial charge in [-0.3, -0.25) is 9.47 Å². The first-order valence-electron chi connectivity index (χ1n) is 7.57. The molecule has 0 fully saturated rings. The van der Waals surface area contributed by atoms with Crippen LogP contribution in [0.3, 0.4) is 0 Å². The van der Waals surface area contributed by atoms with Crippen molar-refractivity contribution < 1.29 is 9.53 Å². The molecular formula is C16H20IN3O3. The lowest BCUT2D eigenvalue weighted by molar-refractivity contribution is 0.0147. The molecule has 0 unspecified atom stereocenters. The molecule has 1 aliphatic rings. The first-order chi connectivity index (χ1) is 10.7. The van der Waals surface area contributed by atoms with Crippen molar-refractivity contribution >= 4 is 39.7 Å². The molecule has 6 nitrogen and oxygen atoms in total. The normalized spacial score (nSPS) is 18.1. The van der Waals surface area contributed by atoms with Gasteiger partial charge in [-0.1, -0.05) is 0 Å². The minimum absolute atomic E-state index is 0.134. The lowest BCUT2D eigenvalue weighted by atomic mass is 10.1. The quantitative estimate of drug-likeness (QED) is 0.655. The number of hydrogen-bond donors (Lipinski definition) is 1. The fourth-order valence-corrected chi connectivity index (χ4v) is 3.49. The van der Waals surface area contributed by atoms with Crippen molar-refractivity contribution in [3.8, 4) is 0 Å². The van der Waals surface area contributed by atoms with Gasteiger partial charge in [-0.2, -0.15) is 0 Å². The number of amides is 1. The summed E-state index contributed by atoms with van der Waals surface area (Å²) >= 11 is 2.25. The number of halogens is 1. The van der Waals surface area contributed by atoms with Crippen molar-refractivity contribution in [3.05, 3.63) is 31.8 Å². The molecule has 0 bridgehead atoms. The van der Waals surface area contributed by atoms with E-state index in [2.05, 4.69) is 27.6 Å². The topological polar surface area (TPSA) is 67.3 Å². The molecule has 1 N–H and O–H groups in total. The van der Waals surface area contributed by atoms with Gasteiger partial charge in [0.1, 0.15) is 5.60 Å². The second kappa shape index (κ2) is 5.54. The highest BCUT2D eigenvalue weighted by Crippen LogP contribution is 2.28. The number of aromatic amines is 1. The minimum Gasteiger partial charge on any atom is -0.444 e. The third kappa shape index (κ3) is 2.98. The van der Waals surface area contributed by atoms with Crippen molar-refractivity contribution in [2.75, 3.05) is 0 Å². The molecule has 3 rings (SSSR count). The number of nitrogens with zero attached hydrogens (tertiary/aromatic N) is 2. The summed E-state index contributed by atoms with van der Waals surface area (Å²) in [4.78, 5) is 29.4. The number of H-pyrrole nitrogens is 1. The Morgan fingerprint density at radius 2 is 2.09 bits per heavy atom. The molecule has 2 aromatic rings. The number of aromatic nitrogens is 2. The van der Waals surface area contributed by atoms with Gasteiger partial charge in [-0.15, -0.1) is 0 Å². The summed E-state index contributed by atoms with van der Waals surface area (Å²) in [6.07, 6.45) is -0.347. The zero-order chi connectivity index (χ0) is 16.9. The third-order valence-electron chi connectivity index (χ3n) is 3.92. The van der Waals surface area contributed by atoms with Crippen LogP contribution in [-0.2, 0) is 17.8 Å². The average Bonchev–Trinajstić information content (AvgIpc) is 2.63. The average molecular weight is 429 g/mol. The summed E-state index contributed by atoms with van der Waals surface area (Å²) in [5, 5.41) is 0. The molecule has 0 spiro atoms.